The number of ether oxygens (including phenoxy) is 4. The van der Waals surface area contributed by atoms with Crippen LogP contribution >= 0.6 is 15.6 Å². The van der Waals surface area contributed by atoms with Gasteiger partial charge in [-0.1, -0.05) is 279 Å². The van der Waals surface area contributed by atoms with Gasteiger partial charge in [-0.25, -0.2) is 9.13 Å². The number of aliphatic hydroxyl groups excluding tert-OH is 1. The molecular formula is C83H146O17P2. The van der Waals surface area contributed by atoms with Crippen LogP contribution in [0.2, 0.25) is 0 Å². The molecule has 0 saturated carbocycles. The van der Waals surface area contributed by atoms with E-state index in [1.54, 1.807) is 0 Å². The van der Waals surface area contributed by atoms with Crippen molar-refractivity contribution in [2.45, 2.75) is 367 Å². The molecule has 19 heteroatoms. The minimum absolute atomic E-state index is 0.0812. The van der Waals surface area contributed by atoms with Gasteiger partial charge in [0.1, 0.15) is 19.3 Å². The van der Waals surface area contributed by atoms with Gasteiger partial charge in [-0.15, -0.1) is 0 Å². The lowest BCUT2D eigenvalue weighted by Crippen LogP contribution is -2.30. The summed E-state index contributed by atoms with van der Waals surface area (Å²) in [5.74, 6) is -2.20. The smallest absolute Gasteiger partial charge is 0.462 e. The zero-order valence-corrected chi connectivity index (χ0v) is 66.3. The maximum atomic E-state index is 13.1. The third-order valence-corrected chi connectivity index (χ3v) is 18.9. The van der Waals surface area contributed by atoms with E-state index in [0.29, 0.717) is 25.7 Å². The number of hydrogen-bond donors (Lipinski definition) is 3. The number of rotatable bonds is 76. The van der Waals surface area contributed by atoms with Crippen molar-refractivity contribution in [3.8, 4) is 0 Å². The summed E-state index contributed by atoms with van der Waals surface area (Å²) in [6.45, 7) is 4.64. The van der Waals surface area contributed by atoms with Gasteiger partial charge in [-0.05, 0) is 141 Å². The first kappa shape index (κ1) is 98.0. The predicted molar refractivity (Wildman–Crippen MR) is 418 cm³/mol. The van der Waals surface area contributed by atoms with E-state index in [-0.39, 0.29) is 25.7 Å². The fourth-order valence-corrected chi connectivity index (χ4v) is 12.5. The summed E-state index contributed by atoms with van der Waals surface area (Å²) in [7, 11) is -9.96. The normalized spacial score (nSPS) is 14.4. The molecule has 0 aromatic carbocycles. The summed E-state index contributed by atoms with van der Waals surface area (Å²) in [4.78, 5) is 73.0. The molecule has 0 rings (SSSR count). The second-order valence-electron chi connectivity index (χ2n) is 26.9. The Morgan fingerprint density at radius 3 is 0.804 bits per heavy atom. The van der Waals surface area contributed by atoms with Crippen LogP contribution in [-0.4, -0.2) is 96.7 Å². The monoisotopic (exact) mass is 1480 g/mol. The van der Waals surface area contributed by atoms with Crippen molar-refractivity contribution in [1.82, 2.24) is 0 Å². The van der Waals surface area contributed by atoms with Crippen molar-refractivity contribution < 1.29 is 80.2 Å². The fourth-order valence-electron chi connectivity index (χ4n) is 10.9. The van der Waals surface area contributed by atoms with Crippen LogP contribution in [0.25, 0.3) is 0 Å². The predicted octanol–water partition coefficient (Wildman–Crippen LogP) is 23.6. The third-order valence-electron chi connectivity index (χ3n) is 17.0. The number of phosphoric ester groups is 2. The molecule has 0 amide bonds. The van der Waals surface area contributed by atoms with Crippen molar-refractivity contribution >= 4 is 39.5 Å². The van der Waals surface area contributed by atoms with E-state index in [1.807, 2.05) is 0 Å². The van der Waals surface area contributed by atoms with Crippen LogP contribution in [0.5, 0.6) is 0 Å². The van der Waals surface area contributed by atoms with Gasteiger partial charge in [0.2, 0.25) is 0 Å². The summed E-state index contributed by atoms with van der Waals surface area (Å²) >= 11 is 0. The highest BCUT2D eigenvalue weighted by atomic mass is 31.2. The van der Waals surface area contributed by atoms with E-state index in [1.165, 1.54) is 64.2 Å². The van der Waals surface area contributed by atoms with Gasteiger partial charge in [0.15, 0.2) is 12.2 Å². The quantitative estimate of drug-likeness (QED) is 0.0169. The molecule has 3 N–H and O–H groups in total. The standard InChI is InChI=1S/C83H146O17P2/c1-5-9-13-17-21-25-29-33-36-38-41-45-48-52-56-60-64-68-81(86)94-74-79(100-83(88)70-66-62-58-54-50-46-42-39-37-34-30-26-22-18-14-10-6-2)76-98-102(91,92)96-72-77(84)71-95-101(89,90)97-75-78(99-82(87)69-65-61-57-53-49-43-32-28-24-20-16-12-8-4)73-93-80(85)67-63-59-55-51-47-44-40-35-31-27-23-19-15-11-7-3/h9-10,13-14,21-22,25-26,28,32-37,40,77-79,84H,5-8,11-12,15-20,23-24,27,29-31,38-39,41-76H2,1-4H3,(H,89,90)(H,91,92)/b13-9-,14-10-,25-21-,26-22-,32-28-,36-33-,37-34-,40-35-. The minimum Gasteiger partial charge on any atom is -0.462 e. The Hall–Kier alpha value is -4.02. The first-order chi connectivity index (χ1) is 49.7. The van der Waals surface area contributed by atoms with Gasteiger partial charge < -0.3 is 33.8 Å². The lowest BCUT2D eigenvalue weighted by Gasteiger charge is -2.21. The largest absolute Gasteiger partial charge is 0.472 e. The van der Waals surface area contributed by atoms with Gasteiger partial charge in [0, 0.05) is 25.7 Å². The summed E-state index contributed by atoms with van der Waals surface area (Å²) < 4.78 is 68.6. The SMILES string of the molecule is CC/C=C\C/C=C\C/C=C\CCCCCCCCCC(=O)OCC(COP(=O)(O)OCC(O)COP(=O)(O)OCC(COC(=O)CCCCCCC/C=C\CCCCCCCC)OC(=O)CCCCCCC/C=C\CCCCCC)OC(=O)CCCCCCCCC/C=C\C/C=C\C/C=C\CC. The highest BCUT2D eigenvalue weighted by Crippen LogP contribution is 2.45. The van der Waals surface area contributed by atoms with E-state index in [9.17, 15) is 43.2 Å². The Morgan fingerprint density at radius 2 is 0.510 bits per heavy atom. The number of carbonyl (C=O) groups excluding carboxylic acids is 4. The van der Waals surface area contributed by atoms with Crippen molar-refractivity contribution in [3.05, 3.63) is 97.2 Å². The molecule has 590 valence electrons. The van der Waals surface area contributed by atoms with E-state index < -0.39 is 97.5 Å². The number of esters is 4. The molecule has 102 heavy (non-hydrogen) atoms. The van der Waals surface area contributed by atoms with Gasteiger partial charge >= 0.3 is 39.5 Å². The van der Waals surface area contributed by atoms with Crippen molar-refractivity contribution in [2.75, 3.05) is 39.6 Å². The van der Waals surface area contributed by atoms with Gasteiger partial charge in [0.05, 0.1) is 26.4 Å². The summed E-state index contributed by atoms with van der Waals surface area (Å²) in [5.41, 5.74) is 0. The van der Waals surface area contributed by atoms with Gasteiger partial charge in [-0.2, -0.15) is 0 Å². The number of carbonyl (C=O) groups is 4. The second-order valence-corrected chi connectivity index (χ2v) is 29.8. The molecule has 0 aliphatic heterocycles. The maximum absolute atomic E-state index is 13.1. The molecule has 0 aromatic rings. The Kier molecular flexibility index (Phi) is 72.3. The molecule has 0 aliphatic carbocycles. The lowest BCUT2D eigenvalue weighted by molar-refractivity contribution is -0.161. The Balaban J connectivity index is 5.36. The average molecular weight is 1480 g/mol. The van der Waals surface area contributed by atoms with Crippen LogP contribution in [0.4, 0.5) is 0 Å². The van der Waals surface area contributed by atoms with Crippen LogP contribution in [0.1, 0.15) is 349 Å². The molecule has 0 bridgehead atoms. The van der Waals surface area contributed by atoms with Crippen LogP contribution in [0, 0.1) is 0 Å². The zero-order valence-electron chi connectivity index (χ0n) is 64.5. The van der Waals surface area contributed by atoms with E-state index in [0.717, 1.165) is 205 Å². The summed E-state index contributed by atoms with van der Waals surface area (Å²) in [6.07, 6.45) is 79.5. The summed E-state index contributed by atoms with van der Waals surface area (Å²) in [6, 6.07) is 0. The highest BCUT2D eigenvalue weighted by Gasteiger charge is 2.30. The van der Waals surface area contributed by atoms with Crippen molar-refractivity contribution in [1.29, 1.82) is 0 Å². The molecule has 5 unspecified atom stereocenters. The number of aliphatic hydroxyl groups is 1. The fraction of sp³-hybridized carbons (Fsp3) is 0.759. The van der Waals surface area contributed by atoms with Crippen LogP contribution in [-0.2, 0) is 65.4 Å². The Bertz CT molecular complexity index is 2310. The first-order valence-corrected chi connectivity index (χ1v) is 43.5. The molecule has 0 aromatic heterocycles. The number of phosphoric acid groups is 2. The summed E-state index contributed by atoms with van der Waals surface area (Å²) in [5, 5.41) is 10.6. The van der Waals surface area contributed by atoms with E-state index in [4.69, 9.17) is 37.0 Å². The van der Waals surface area contributed by atoms with E-state index >= 15 is 0 Å². The van der Waals surface area contributed by atoms with Crippen molar-refractivity contribution in [2.24, 2.45) is 0 Å². The van der Waals surface area contributed by atoms with Crippen LogP contribution in [0.15, 0.2) is 97.2 Å². The average Bonchev–Trinajstić information content (AvgIpc) is 0.959. The molecule has 0 aliphatic rings. The topological polar surface area (TPSA) is 237 Å². The molecule has 17 nitrogen and oxygen atoms in total. The first-order valence-electron chi connectivity index (χ1n) is 40.5. The van der Waals surface area contributed by atoms with Crippen LogP contribution in [0.3, 0.4) is 0 Å². The Labute approximate surface area is 620 Å². The lowest BCUT2D eigenvalue weighted by atomic mass is 10.1. The molecule has 0 fully saturated rings. The molecule has 0 spiro atoms. The number of hydrogen-bond acceptors (Lipinski definition) is 15. The van der Waals surface area contributed by atoms with Crippen molar-refractivity contribution in [3.63, 3.8) is 0 Å². The maximum Gasteiger partial charge on any atom is 0.472 e. The number of allylic oxidation sites excluding steroid dienone is 16. The third kappa shape index (κ3) is 74.3. The molecular weight excluding hydrogens is 1330 g/mol. The number of unbranched alkanes of at least 4 members (excludes halogenated alkanes) is 34. The van der Waals surface area contributed by atoms with Gasteiger partial charge in [0.25, 0.3) is 0 Å². The minimum atomic E-state index is -4.98. The Morgan fingerprint density at radius 1 is 0.284 bits per heavy atom. The zero-order chi connectivity index (χ0) is 74.6. The van der Waals surface area contributed by atoms with E-state index in [2.05, 4.69) is 125 Å². The van der Waals surface area contributed by atoms with Gasteiger partial charge in [-0.3, -0.25) is 37.3 Å². The molecule has 0 saturated heterocycles. The second kappa shape index (κ2) is 75.2. The molecule has 0 radical (unpaired) electrons. The molecule has 0 heterocycles. The van der Waals surface area contributed by atoms with Crippen LogP contribution < -0.4 is 0 Å². The highest BCUT2D eigenvalue weighted by molar-refractivity contribution is 7.47. The molecule has 5 atom stereocenters.